The standard InChI is InChI=1S/C24H22N4O2S/c1-15-22-18(28(27-15)17-7-5-4-6-8-17)10-12-21-23(22)26-24(31-21)25-14-16-9-11-19(29-2)20(13-16)30-3/h4-9,11,13-14H,10,12H2,1-3H3/b25-14+. The molecule has 0 amide bonds. The Bertz CT molecular complexity index is 1270. The number of aliphatic imine (C=N–C) groups is 1. The SMILES string of the molecule is COc1ccc(/C=N/c2nc3c(s2)CCc2c-3c(C)nn2-c2ccccc2)cc1OC. The van der Waals surface area contributed by atoms with Gasteiger partial charge in [-0.2, -0.15) is 5.10 Å². The van der Waals surface area contributed by atoms with Crippen LogP contribution in [0.5, 0.6) is 11.5 Å². The van der Waals surface area contributed by atoms with Gasteiger partial charge in [-0.3, -0.25) is 0 Å². The van der Waals surface area contributed by atoms with E-state index in [1.54, 1.807) is 25.6 Å². The van der Waals surface area contributed by atoms with E-state index in [-0.39, 0.29) is 0 Å². The molecule has 0 saturated carbocycles. The van der Waals surface area contributed by atoms with Gasteiger partial charge >= 0.3 is 0 Å². The normalized spacial score (nSPS) is 12.6. The molecule has 0 bridgehead atoms. The minimum atomic E-state index is 0.679. The highest BCUT2D eigenvalue weighted by Crippen LogP contribution is 2.41. The number of aromatic nitrogens is 3. The summed E-state index contributed by atoms with van der Waals surface area (Å²) in [6.07, 6.45) is 3.70. The summed E-state index contributed by atoms with van der Waals surface area (Å²) in [5.41, 5.74) is 6.40. The third kappa shape index (κ3) is 3.51. The number of thiazole rings is 1. The van der Waals surface area contributed by atoms with Crippen LogP contribution in [0.15, 0.2) is 53.5 Å². The number of hydrogen-bond donors (Lipinski definition) is 0. The molecule has 0 unspecified atom stereocenters. The van der Waals surface area contributed by atoms with Gasteiger partial charge in [0, 0.05) is 16.7 Å². The fourth-order valence-electron chi connectivity index (χ4n) is 3.95. The van der Waals surface area contributed by atoms with Crippen LogP contribution in [-0.4, -0.2) is 35.2 Å². The summed E-state index contributed by atoms with van der Waals surface area (Å²) in [7, 11) is 3.26. The fourth-order valence-corrected chi connectivity index (χ4v) is 4.86. The van der Waals surface area contributed by atoms with E-state index in [0.717, 1.165) is 46.2 Å². The smallest absolute Gasteiger partial charge is 0.209 e. The number of benzene rings is 2. The second-order valence-electron chi connectivity index (χ2n) is 7.30. The Hall–Kier alpha value is -3.45. The van der Waals surface area contributed by atoms with Crippen LogP contribution in [0.1, 0.15) is 21.8 Å². The molecule has 0 atom stereocenters. The van der Waals surface area contributed by atoms with Crippen LogP contribution < -0.4 is 9.47 Å². The Kier molecular flexibility index (Phi) is 5.03. The average molecular weight is 431 g/mol. The summed E-state index contributed by atoms with van der Waals surface area (Å²) in [5, 5.41) is 5.57. The first kappa shape index (κ1) is 19.5. The van der Waals surface area contributed by atoms with Gasteiger partial charge in [0.2, 0.25) is 5.13 Å². The quantitative estimate of drug-likeness (QED) is 0.410. The van der Waals surface area contributed by atoms with Crippen molar-refractivity contribution in [2.24, 2.45) is 4.99 Å². The molecule has 31 heavy (non-hydrogen) atoms. The Morgan fingerprint density at radius 1 is 1.03 bits per heavy atom. The van der Waals surface area contributed by atoms with Crippen molar-refractivity contribution in [3.05, 3.63) is 70.4 Å². The molecule has 2 aromatic carbocycles. The van der Waals surface area contributed by atoms with Gasteiger partial charge in [-0.1, -0.05) is 29.5 Å². The first-order valence-corrected chi connectivity index (χ1v) is 10.9. The predicted octanol–water partition coefficient (Wildman–Crippen LogP) is 5.17. The lowest BCUT2D eigenvalue weighted by molar-refractivity contribution is 0.355. The summed E-state index contributed by atoms with van der Waals surface area (Å²) in [4.78, 5) is 10.8. The molecule has 2 aromatic heterocycles. The van der Waals surface area contributed by atoms with Crippen LogP contribution in [0.4, 0.5) is 5.13 Å². The number of rotatable bonds is 5. The predicted molar refractivity (Wildman–Crippen MR) is 124 cm³/mol. The number of aryl methyl sites for hydroxylation is 2. The molecule has 0 spiro atoms. The van der Waals surface area contributed by atoms with Gasteiger partial charge < -0.3 is 9.47 Å². The summed E-state index contributed by atoms with van der Waals surface area (Å²) in [6, 6.07) is 16.0. The molecule has 7 heteroatoms. The maximum absolute atomic E-state index is 5.38. The van der Waals surface area contributed by atoms with E-state index < -0.39 is 0 Å². The molecule has 0 radical (unpaired) electrons. The van der Waals surface area contributed by atoms with E-state index in [9.17, 15) is 0 Å². The highest BCUT2D eigenvalue weighted by Gasteiger charge is 2.27. The monoisotopic (exact) mass is 430 g/mol. The number of para-hydroxylation sites is 1. The van der Waals surface area contributed by atoms with E-state index in [0.29, 0.717) is 11.5 Å². The lowest BCUT2D eigenvalue weighted by Gasteiger charge is -2.13. The zero-order chi connectivity index (χ0) is 21.4. The average Bonchev–Trinajstić information content (AvgIpc) is 3.38. The van der Waals surface area contributed by atoms with Gasteiger partial charge in [-0.25, -0.2) is 14.7 Å². The van der Waals surface area contributed by atoms with Crippen molar-refractivity contribution >= 4 is 22.7 Å². The highest BCUT2D eigenvalue weighted by atomic mass is 32.1. The Balaban J connectivity index is 1.48. The maximum Gasteiger partial charge on any atom is 0.209 e. The number of nitrogens with zero attached hydrogens (tertiary/aromatic N) is 4. The summed E-state index contributed by atoms with van der Waals surface area (Å²) >= 11 is 1.65. The summed E-state index contributed by atoms with van der Waals surface area (Å²) in [5.74, 6) is 1.38. The molecule has 0 fully saturated rings. The van der Waals surface area contributed by atoms with Crippen LogP contribution in [0.3, 0.4) is 0 Å². The molecule has 2 heterocycles. The maximum atomic E-state index is 5.38. The third-order valence-electron chi connectivity index (χ3n) is 5.40. The van der Waals surface area contributed by atoms with Crippen molar-refractivity contribution in [1.82, 2.24) is 14.8 Å². The van der Waals surface area contributed by atoms with Gasteiger partial charge in [0.05, 0.1) is 37.0 Å². The topological polar surface area (TPSA) is 61.5 Å². The van der Waals surface area contributed by atoms with Crippen LogP contribution in [-0.2, 0) is 12.8 Å². The number of hydrogen-bond acceptors (Lipinski definition) is 6. The first-order chi connectivity index (χ1) is 15.2. The highest BCUT2D eigenvalue weighted by molar-refractivity contribution is 7.15. The molecular formula is C24H22N4O2S. The van der Waals surface area contributed by atoms with E-state index >= 15 is 0 Å². The lowest BCUT2D eigenvalue weighted by Crippen LogP contribution is -2.07. The Labute approximate surface area is 184 Å². The van der Waals surface area contributed by atoms with Crippen LogP contribution in [0.25, 0.3) is 16.9 Å². The first-order valence-electron chi connectivity index (χ1n) is 10.1. The van der Waals surface area contributed by atoms with Crippen molar-refractivity contribution in [2.75, 3.05) is 14.2 Å². The Morgan fingerprint density at radius 3 is 2.61 bits per heavy atom. The molecule has 0 N–H and O–H groups in total. The number of methoxy groups -OCH3 is 2. The minimum Gasteiger partial charge on any atom is -0.493 e. The van der Waals surface area contributed by atoms with Crippen molar-refractivity contribution in [3.8, 4) is 28.4 Å². The van der Waals surface area contributed by atoms with Crippen molar-refractivity contribution in [2.45, 2.75) is 19.8 Å². The largest absolute Gasteiger partial charge is 0.493 e. The second-order valence-corrected chi connectivity index (χ2v) is 8.36. The van der Waals surface area contributed by atoms with Crippen molar-refractivity contribution in [3.63, 3.8) is 0 Å². The molecule has 6 nitrogen and oxygen atoms in total. The van der Waals surface area contributed by atoms with E-state index in [2.05, 4.69) is 28.7 Å². The molecule has 1 aliphatic rings. The van der Waals surface area contributed by atoms with Crippen LogP contribution in [0.2, 0.25) is 0 Å². The molecule has 4 aromatic rings. The van der Waals surface area contributed by atoms with E-state index in [1.165, 1.54) is 10.6 Å². The van der Waals surface area contributed by atoms with Gasteiger partial charge in [-0.05, 0) is 55.7 Å². The number of fused-ring (bicyclic) bond motifs is 3. The molecular weight excluding hydrogens is 408 g/mol. The minimum absolute atomic E-state index is 0.679. The fraction of sp³-hybridized carbons (Fsp3) is 0.208. The molecule has 156 valence electrons. The zero-order valence-corrected chi connectivity index (χ0v) is 18.4. The molecule has 1 aliphatic carbocycles. The summed E-state index contributed by atoms with van der Waals surface area (Å²) < 4.78 is 12.7. The van der Waals surface area contributed by atoms with Gasteiger partial charge in [-0.15, -0.1) is 0 Å². The van der Waals surface area contributed by atoms with Gasteiger partial charge in [0.1, 0.15) is 0 Å². The molecule has 0 aliphatic heterocycles. The second kappa shape index (κ2) is 8.00. The van der Waals surface area contributed by atoms with Gasteiger partial charge in [0.25, 0.3) is 0 Å². The lowest BCUT2D eigenvalue weighted by atomic mass is 9.98. The van der Waals surface area contributed by atoms with Crippen LogP contribution in [0, 0.1) is 6.92 Å². The molecule has 0 saturated heterocycles. The van der Waals surface area contributed by atoms with E-state index in [4.69, 9.17) is 19.6 Å². The zero-order valence-electron chi connectivity index (χ0n) is 17.6. The molecule has 5 rings (SSSR count). The van der Waals surface area contributed by atoms with Crippen molar-refractivity contribution in [1.29, 1.82) is 0 Å². The van der Waals surface area contributed by atoms with Gasteiger partial charge in [0.15, 0.2) is 11.5 Å². The van der Waals surface area contributed by atoms with Crippen LogP contribution >= 0.6 is 11.3 Å². The van der Waals surface area contributed by atoms with E-state index in [1.807, 2.05) is 42.6 Å². The number of ether oxygens (including phenoxy) is 2. The Morgan fingerprint density at radius 2 is 1.84 bits per heavy atom. The third-order valence-corrected chi connectivity index (χ3v) is 6.42. The summed E-state index contributed by atoms with van der Waals surface area (Å²) in [6.45, 7) is 2.05. The van der Waals surface area contributed by atoms with Crippen molar-refractivity contribution < 1.29 is 9.47 Å².